The van der Waals surface area contributed by atoms with Crippen molar-refractivity contribution in [1.82, 2.24) is 9.97 Å². The number of anilines is 2. The fourth-order valence-corrected chi connectivity index (χ4v) is 5.06. The molecule has 0 saturated heterocycles. The summed E-state index contributed by atoms with van der Waals surface area (Å²) in [7, 11) is 0. The van der Waals surface area contributed by atoms with E-state index >= 15 is 0 Å². The van der Waals surface area contributed by atoms with Crippen LogP contribution in [0.1, 0.15) is 65.5 Å². The molecule has 170 valence electrons. The highest BCUT2D eigenvalue weighted by molar-refractivity contribution is 5.86. The van der Waals surface area contributed by atoms with E-state index in [1.807, 2.05) is 25.1 Å². The average molecular weight is 442 g/mol. The number of nitrogens with zero attached hydrogens (tertiary/aromatic N) is 1. The highest BCUT2D eigenvalue weighted by Gasteiger charge is 2.24. The first-order valence-corrected chi connectivity index (χ1v) is 11.8. The van der Waals surface area contributed by atoms with E-state index in [1.54, 1.807) is 6.20 Å². The van der Waals surface area contributed by atoms with Gasteiger partial charge in [-0.25, -0.2) is 0 Å². The maximum Gasteiger partial charge on any atom is 0.0966 e. The third-order valence-electron chi connectivity index (χ3n) is 6.87. The summed E-state index contributed by atoms with van der Waals surface area (Å²) < 4.78 is 0. The van der Waals surface area contributed by atoms with Crippen molar-refractivity contribution < 1.29 is 10.2 Å². The topological polar surface area (TPSA) is 81.2 Å². The number of aryl methyl sites for hydroxylation is 3. The van der Waals surface area contributed by atoms with Crippen LogP contribution >= 0.6 is 0 Å². The summed E-state index contributed by atoms with van der Waals surface area (Å²) >= 11 is 0. The molecule has 5 rings (SSSR count). The molecule has 0 aliphatic heterocycles. The lowest BCUT2D eigenvalue weighted by molar-refractivity contribution is 0.176. The van der Waals surface area contributed by atoms with Crippen LogP contribution in [-0.2, 0) is 19.3 Å². The van der Waals surface area contributed by atoms with E-state index in [0.29, 0.717) is 0 Å². The molecule has 4 N–H and O–H groups in total. The SMILES string of the molecule is Cc1cc(Nc2ccnc3c2CC[C@H]3O)ccc1CCCc1c[nH]c2c(C(C)O)cccc12. The van der Waals surface area contributed by atoms with Gasteiger partial charge in [0.1, 0.15) is 0 Å². The van der Waals surface area contributed by atoms with Crippen molar-refractivity contribution in [3.63, 3.8) is 0 Å². The van der Waals surface area contributed by atoms with Crippen molar-refractivity contribution in [2.75, 3.05) is 5.32 Å². The fourth-order valence-electron chi connectivity index (χ4n) is 5.06. The molecular weight excluding hydrogens is 410 g/mol. The van der Waals surface area contributed by atoms with E-state index in [9.17, 15) is 10.2 Å². The quantitative estimate of drug-likeness (QED) is 0.291. The monoisotopic (exact) mass is 441 g/mol. The fraction of sp³-hybridized carbons (Fsp3) is 0.321. The number of benzene rings is 2. The van der Waals surface area contributed by atoms with Gasteiger partial charge in [0.05, 0.1) is 23.4 Å². The van der Waals surface area contributed by atoms with Crippen LogP contribution < -0.4 is 5.32 Å². The molecule has 2 atom stereocenters. The van der Waals surface area contributed by atoms with Gasteiger partial charge >= 0.3 is 0 Å². The van der Waals surface area contributed by atoms with Crippen molar-refractivity contribution in [2.24, 2.45) is 0 Å². The van der Waals surface area contributed by atoms with Gasteiger partial charge in [0.2, 0.25) is 0 Å². The average Bonchev–Trinajstić information content (AvgIpc) is 3.39. The van der Waals surface area contributed by atoms with Crippen LogP contribution in [0.4, 0.5) is 11.4 Å². The second-order valence-electron chi connectivity index (χ2n) is 9.16. The van der Waals surface area contributed by atoms with Crippen LogP contribution in [-0.4, -0.2) is 20.2 Å². The Balaban J connectivity index is 1.25. The lowest BCUT2D eigenvalue weighted by Crippen LogP contribution is -2.00. The maximum atomic E-state index is 10.1. The highest BCUT2D eigenvalue weighted by Crippen LogP contribution is 2.35. The van der Waals surface area contributed by atoms with Crippen LogP contribution in [0.5, 0.6) is 0 Å². The van der Waals surface area contributed by atoms with Gasteiger partial charge < -0.3 is 20.5 Å². The zero-order valence-corrected chi connectivity index (χ0v) is 19.2. The zero-order chi connectivity index (χ0) is 22.9. The molecule has 2 aromatic heterocycles. The molecule has 2 aromatic carbocycles. The molecule has 0 spiro atoms. The van der Waals surface area contributed by atoms with Gasteiger partial charge in [-0.15, -0.1) is 0 Å². The Labute approximate surface area is 194 Å². The van der Waals surface area contributed by atoms with Gasteiger partial charge in [-0.2, -0.15) is 0 Å². The predicted molar refractivity (Wildman–Crippen MR) is 133 cm³/mol. The summed E-state index contributed by atoms with van der Waals surface area (Å²) in [5.74, 6) is 0. The molecule has 0 bridgehead atoms. The molecule has 1 unspecified atom stereocenters. The zero-order valence-electron chi connectivity index (χ0n) is 19.2. The lowest BCUT2D eigenvalue weighted by Gasteiger charge is -2.13. The smallest absolute Gasteiger partial charge is 0.0966 e. The van der Waals surface area contributed by atoms with E-state index in [4.69, 9.17) is 0 Å². The van der Waals surface area contributed by atoms with Crippen molar-refractivity contribution in [1.29, 1.82) is 0 Å². The van der Waals surface area contributed by atoms with Crippen LogP contribution in [0.15, 0.2) is 54.9 Å². The van der Waals surface area contributed by atoms with Crippen molar-refractivity contribution in [2.45, 2.75) is 58.2 Å². The van der Waals surface area contributed by atoms with E-state index in [-0.39, 0.29) is 0 Å². The Morgan fingerprint density at radius 3 is 2.82 bits per heavy atom. The Morgan fingerprint density at radius 1 is 1.15 bits per heavy atom. The van der Waals surface area contributed by atoms with E-state index in [0.717, 1.165) is 65.8 Å². The molecule has 33 heavy (non-hydrogen) atoms. The molecular formula is C28H31N3O2. The lowest BCUT2D eigenvalue weighted by atomic mass is 9.99. The van der Waals surface area contributed by atoms with Crippen LogP contribution in [0.2, 0.25) is 0 Å². The number of aromatic amines is 1. The Kier molecular flexibility index (Phi) is 5.92. The largest absolute Gasteiger partial charge is 0.389 e. The molecule has 2 heterocycles. The first kappa shape index (κ1) is 21.7. The minimum absolute atomic E-state index is 0.443. The van der Waals surface area contributed by atoms with Gasteiger partial charge in [0, 0.05) is 34.7 Å². The second kappa shape index (κ2) is 9.00. The van der Waals surface area contributed by atoms with Crippen LogP contribution in [0, 0.1) is 6.92 Å². The van der Waals surface area contributed by atoms with Gasteiger partial charge in [-0.1, -0.05) is 24.3 Å². The van der Waals surface area contributed by atoms with Crippen LogP contribution in [0.25, 0.3) is 10.9 Å². The van der Waals surface area contributed by atoms with E-state index in [1.165, 1.54) is 22.1 Å². The number of fused-ring (bicyclic) bond motifs is 2. The summed E-state index contributed by atoms with van der Waals surface area (Å²) in [5, 5.41) is 24.9. The minimum atomic E-state index is -0.478. The molecule has 1 aliphatic carbocycles. The molecule has 5 heteroatoms. The standard InChI is InChI=1S/C28H31N3O2/c1-17-15-21(31-25-13-14-29-28-24(25)11-12-26(28)33)10-9-19(17)5-3-6-20-16-30-27-22(18(2)32)7-4-8-23(20)27/h4,7-10,13-16,18,26,30,32-33H,3,5-6,11-12H2,1-2H3,(H,29,31)/t18?,26-/m1/s1. The minimum Gasteiger partial charge on any atom is -0.389 e. The Hall–Kier alpha value is -3.15. The van der Waals surface area contributed by atoms with E-state index in [2.05, 4.69) is 52.7 Å². The molecule has 0 amide bonds. The third-order valence-corrected chi connectivity index (χ3v) is 6.87. The Bertz CT molecular complexity index is 1290. The predicted octanol–water partition coefficient (Wildman–Crippen LogP) is 5.82. The van der Waals surface area contributed by atoms with Gasteiger partial charge in [0.25, 0.3) is 0 Å². The molecule has 1 aliphatic rings. The molecule has 5 nitrogen and oxygen atoms in total. The number of H-pyrrole nitrogens is 1. The number of hydrogen-bond donors (Lipinski definition) is 4. The number of pyridine rings is 1. The molecule has 4 aromatic rings. The number of hydrogen-bond acceptors (Lipinski definition) is 4. The van der Waals surface area contributed by atoms with Gasteiger partial charge in [0.15, 0.2) is 0 Å². The summed E-state index contributed by atoms with van der Waals surface area (Å²) in [5.41, 5.74) is 9.98. The summed E-state index contributed by atoms with van der Waals surface area (Å²) in [4.78, 5) is 7.72. The van der Waals surface area contributed by atoms with Crippen LogP contribution in [0.3, 0.4) is 0 Å². The number of aliphatic hydroxyl groups excluding tert-OH is 2. The number of nitrogens with one attached hydrogen (secondary N) is 2. The van der Waals surface area contributed by atoms with Crippen molar-refractivity contribution in [3.8, 4) is 0 Å². The third kappa shape index (κ3) is 4.26. The van der Waals surface area contributed by atoms with Crippen molar-refractivity contribution >= 4 is 22.3 Å². The second-order valence-corrected chi connectivity index (χ2v) is 9.16. The first-order chi connectivity index (χ1) is 16.0. The summed E-state index contributed by atoms with van der Waals surface area (Å²) in [6.07, 6.45) is 7.61. The first-order valence-electron chi connectivity index (χ1n) is 11.8. The van der Waals surface area contributed by atoms with E-state index < -0.39 is 12.2 Å². The summed E-state index contributed by atoms with van der Waals surface area (Å²) in [6, 6.07) is 14.7. The maximum absolute atomic E-state index is 10.1. The number of aromatic nitrogens is 2. The number of para-hydroxylation sites is 1. The number of rotatable bonds is 7. The normalized spacial score (nSPS) is 16.2. The summed E-state index contributed by atoms with van der Waals surface area (Å²) in [6.45, 7) is 3.98. The number of aliphatic hydroxyl groups is 2. The molecule has 0 fully saturated rings. The molecule has 0 radical (unpaired) electrons. The van der Waals surface area contributed by atoms with Gasteiger partial charge in [-0.3, -0.25) is 4.98 Å². The Morgan fingerprint density at radius 2 is 2.00 bits per heavy atom. The highest BCUT2D eigenvalue weighted by atomic mass is 16.3. The van der Waals surface area contributed by atoms with Gasteiger partial charge in [-0.05, 0) is 86.4 Å². The van der Waals surface area contributed by atoms with Crippen molar-refractivity contribution in [3.05, 3.63) is 88.4 Å². The molecule has 0 saturated carbocycles.